The molecule has 1 heterocycles. The predicted molar refractivity (Wildman–Crippen MR) is 69.2 cm³/mol. The number of fused-ring (bicyclic) bond motifs is 1. The summed E-state index contributed by atoms with van der Waals surface area (Å²) in [6.07, 6.45) is 0. The van der Waals surface area contributed by atoms with Gasteiger partial charge in [-0.05, 0) is 6.07 Å². The third kappa shape index (κ3) is 3.42. The van der Waals surface area contributed by atoms with Crippen molar-refractivity contribution in [2.24, 2.45) is 5.73 Å². The number of hydrogen-bond acceptors (Lipinski definition) is 7. The number of amides is 1. The lowest BCUT2D eigenvalue weighted by molar-refractivity contribution is -0.384. The number of nitro groups is 1. The fourth-order valence-electron chi connectivity index (χ4n) is 1.51. The predicted octanol–water partition coefficient (Wildman–Crippen LogP) is 0.650. The molecular formula is C11H12N4O5. The van der Waals surface area contributed by atoms with Crippen LogP contribution in [0.2, 0.25) is 0 Å². The number of rotatable bonds is 7. The topological polar surface area (TPSA) is 134 Å². The summed E-state index contributed by atoms with van der Waals surface area (Å²) < 4.78 is 10.3. The van der Waals surface area contributed by atoms with Crippen molar-refractivity contribution in [1.82, 2.24) is 4.98 Å². The maximum atomic E-state index is 10.6. The van der Waals surface area contributed by atoms with E-state index in [0.717, 1.165) is 0 Å². The van der Waals surface area contributed by atoms with Crippen LogP contribution in [-0.4, -0.2) is 35.6 Å². The molecule has 2 rings (SSSR count). The number of carbonyl (C=O) groups excluding carboxylic acids is 1. The first-order valence-corrected chi connectivity index (χ1v) is 5.71. The second-order valence-electron chi connectivity index (χ2n) is 3.87. The molecule has 20 heavy (non-hydrogen) atoms. The van der Waals surface area contributed by atoms with E-state index < -0.39 is 10.8 Å². The summed E-state index contributed by atoms with van der Waals surface area (Å²) in [7, 11) is 0. The molecule has 0 aliphatic rings. The van der Waals surface area contributed by atoms with Gasteiger partial charge in [-0.3, -0.25) is 14.9 Å². The molecule has 0 spiro atoms. The Kier molecular flexibility index (Phi) is 4.11. The Balaban J connectivity index is 1.94. The van der Waals surface area contributed by atoms with Crippen LogP contribution in [0.3, 0.4) is 0 Å². The summed E-state index contributed by atoms with van der Waals surface area (Å²) >= 11 is 0. The number of nitrogens with one attached hydrogen (secondary N) is 1. The van der Waals surface area contributed by atoms with Crippen molar-refractivity contribution in [2.45, 2.75) is 0 Å². The standard InChI is InChI=1S/C11H12N4O5/c12-10(16)6-19-4-3-13-11-14-8-2-1-7(15(17)18)5-9(8)20-11/h1-2,5H,3-4,6H2,(H2,12,16)(H,13,14). The van der Waals surface area contributed by atoms with Crippen LogP contribution in [0.1, 0.15) is 0 Å². The minimum absolute atomic E-state index is 0.0648. The average Bonchev–Trinajstić information content (AvgIpc) is 2.79. The zero-order valence-electron chi connectivity index (χ0n) is 10.4. The minimum Gasteiger partial charge on any atom is -0.423 e. The monoisotopic (exact) mass is 280 g/mol. The van der Waals surface area contributed by atoms with Gasteiger partial charge < -0.3 is 20.2 Å². The number of oxazole rings is 1. The molecule has 9 heteroatoms. The van der Waals surface area contributed by atoms with Crippen molar-refractivity contribution in [2.75, 3.05) is 25.1 Å². The van der Waals surface area contributed by atoms with Crippen molar-refractivity contribution in [3.8, 4) is 0 Å². The molecule has 0 unspecified atom stereocenters. The van der Waals surface area contributed by atoms with Crippen LogP contribution in [0.5, 0.6) is 0 Å². The number of non-ortho nitro benzene ring substituents is 1. The van der Waals surface area contributed by atoms with Crippen LogP contribution in [0.4, 0.5) is 11.7 Å². The molecule has 9 nitrogen and oxygen atoms in total. The molecule has 3 N–H and O–H groups in total. The van der Waals surface area contributed by atoms with Crippen molar-refractivity contribution < 1.29 is 18.9 Å². The van der Waals surface area contributed by atoms with Gasteiger partial charge in [-0.2, -0.15) is 4.98 Å². The zero-order valence-corrected chi connectivity index (χ0v) is 10.4. The van der Waals surface area contributed by atoms with Gasteiger partial charge in [-0.1, -0.05) is 0 Å². The quantitative estimate of drug-likeness (QED) is 0.432. The van der Waals surface area contributed by atoms with Gasteiger partial charge in [0.05, 0.1) is 17.6 Å². The van der Waals surface area contributed by atoms with Gasteiger partial charge in [0, 0.05) is 12.6 Å². The largest absolute Gasteiger partial charge is 0.423 e. The lowest BCUT2D eigenvalue weighted by Gasteiger charge is -2.01. The van der Waals surface area contributed by atoms with E-state index in [2.05, 4.69) is 10.3 Å². The number of anilines is 1. The summed E-state index contributed by atoms with van der Waals surface area (Å²) in [5.74, 6) is -0.542. The highest BCUT2D eigenvalue weighted by atomic mass is 16.6. The van der Waals surface area contributed by atoms with Crippen LogP contribution < -0.4 is 11.1 Å². The van der Waals surface area contributed by atoms with Crippen molar-refractivity contribution in [1.29, 1.82) is 0 Å². The Morgan fingerprint density at radius 2 is 2.35 bits per heavy atom. The normalized spacial score (nSPS) is 10.6. The number of nitrogens with two attached hydrogens (primary N) is 1. The van der Waals surface area contributed by atoms with Crippen molar-refractivity contribution in [3.05, 3.63) is 28.3 Å². The maximum absolute atomic E-state index is 10.6. The smallest absolute Gasteiger partial charge is 0.295 e. The van der Waals surface area contributed by atoms with E-state index in [1.165, 1.54) is 18.2 Å². The summed E-state index contributed by atoms with van der Waals surface area (Å²) in [4.78, 5) is 24.6. The first-order chi connectivity index (χ1) is 9.56. The van der Waals surface area contributed by atoms with Gasteiger partial charge in [-0.15, -0.1) is 0 Å². The fourth-order valence-corrected chi connectivity index (χ4v) is 1.51. The number of primary amides is 1. The number of benzene rings is 1. The van der Waals surface area contributed by atoms with Crippen LogP contribution in [-0.2, 0) is 9.53 Å². The zero-order chi connectivity index (χ0) is 14.5. The Hall–Kier alpha value is -2.68. The molecule has 0 saturated heterocycles. The Morgan fingerprint density at radius 1 is 1.55 bits per heavy atom. The summed E-state index contributed by atoms with van der Waals surface area (Å²) in [5.41, 5.74) is 5.67. The van der Waals surface area contributed by atoms with E-state index in [1.807, 2.05) is 0 Å². The van der Waals surface area contributed by atoms with Gasteiger partial charge in [0.15, 0.2) is 5.58 Å². The number of carbonyl (C=O) groups is 1. The second kappa shape index (κ2) is 5.97. The third-order valence-corrected chi connectivity index (χ3v) is 2.35. The fraction of sp³-hybridized carbons (Fsp3) is 0.273. The highest BCUT2D eigenvalue weighted by molar-refractivity contribution is 5.77. The maximum Gasteiger partial charge on any atom is 0.295 e. The first kappa shape index (κ1) is 13.7. The van der Waals surface area contributed by atoms with Crippen LogP contribution in [0.15, 0.2) is 22.6 Å². The molecule has 0 fully saturated rings. The SMILES string of the molecule is NC(=O)COCCNc1nc2ccc([N+](=O)[O-])cc2o1. The third-order valence-electron chi connectivity index (χ3n) is 2.35. The van der Waals surface area contributed by atoms with E-state index in [0.29, 0.717) is 17.6 Å². The van der Waals surface area contributed by atoms with Gasteiger partial charge in [0.25, 0.3) is 11.7 Å². The number of ether oxygens (including phenoxy) is 1. The molecule has 106 valence electrons. The number of aromatic nitrogens is 1. The summed E-state index contributed by atoms with van der Waals surface area (Å²) in [5, 5.41) is 13.5. The molecule has 0 saturated carbocycles. The number of nitro benzene ring substituents is 1. The van der Waals surface area contributed by atoms with Crippen LogP contribution in [0, 0.1) is 10.1 Å². The summed E-state index contributed by atoms with van der Waals surface area (Å²) in [6, 6.07) is 4.39. The van der Waals surface area contributed by atoms with E-state index in [9.17, 15) is 14.9 Å². The molecule has 1 aromatic carbocycles. The molecule has 0 radical (unpaired) electrons. The second-order valence-corrected chi connectivity index (χ2v) is 3.87. The van der Waals surface area contributed by atoms with Crippen LogP contribution in [0.25, 0.3) is 11.1 Å². The van der Waals surface area contributed by atoms with Gasteiger partial charge >= 0.3 is 0 Å². The summed E-state index contributed by atoms with van der Waals surface area (Å²) in [6.45, 7) is 0.464. The van der Waals surface area contributed by atoms with E-state index in [1.54, 1.807) is 0 Å². The number of nitrogens with zero attached hydrogens (tertiary/aromatic N) is 2. The highest BCUT2D eigenvalue weighted by Gasteiger charge is 2.11. The lowest BCUT2D eigenvalue weighted by Crippen LogP contribution is -2.20. The van der Waals surface area contributed by atoms with E-state index in [4.69, 9.17) is 14.9 Å². The molecule has 2 aromatic rings. The molecular weight excluding hydrogens is 268 g/mol. The van der Waals surface area contributed by atoms with Crippen LogP contribution >= 0.6 is 0 Å². The van der Waals surface area contributed by atoms with Gasteiger partial charge in [-0.25, -0.2) is 0 Å². The molecule has 1 aromatic heterocycles. The molecule has 0 bridgehead atoms. The molecule has 0 atom stereocenters. The van der Waals surface area contributed by atoms with Gasteiger partial charge in [0.2, 0.25) is 5.91 Å². The van der Waals surface area contributed by atoms with Gasteiger partial charge in [0.1, 0.15) is 12.1 Å². The highest BCUT2D eigenvalue weighted by Crippen LogP contribution is 2.23. The van der Waals surface area contributed by atoms with E-state index in [-0.39, 0.29) is 24.9 Å². The van der Waals surface area contributed by atoms with E-state index >= 15 is 0 Å². The Morgan fingerprint density at radius 3 is 3.05 bits per heavy atom. The van der Waals surface area contributed by atoms with Crippen molar-refractivity contribution in [3.63, 3.8) is 0 Å². The van der Waals surface area contributed by atoms with Crippen molar-refractivity contribution >= 4 is 28.7 Å². The average molecular weight is 280 g/mol. The Labute approximate surface area is 112 Å². The minimum atomic E-state index is -0.542. The Bertz CT molecular complexity index is 639. The number of hydrogen-bond donors (Lipinski definition) is 2. The first-order valence-electron chi connectivity index (χ1n) is 5.71. The molecule has 1 amide bonds. The lowest BCUT2D eigenvalue weighted by atomic mass is 10.3. The molecule has 0 aliphatic carbocycles. The molecule has 0 aliphatic heterocycles.